The molecule has 0 saturated heterocycles. The molecule has 0 bridgehead atoms. The van der Waals surface area contributed by atoms with Crippen LogP contribution in [0.15, 0.2) is 110 Å². The summed E-state index contributed by atoms with van der Waals surface area (Å²) in [6, 6.07) is 24.1. The van der Waals surface area contributed by atoms with Gasteiger partial charge in [0.25, 0.3) is 11.4 Å². The molecule has 0 unspecified atom stereocenters. The topological polar surface area (TPSA) is 310 Å². The summed E-state index contributed by atoms with van der Waals surface area (Å²) in [7, 11) is 9.38. The second-order valence-corrected chi connectivity index (χ2v) is 25.8. The number of likely N-dealkylation sites (N-methyl/N-ethyl adjacent to an activating group) is 4. The number of hydrogen-bond acceptors (Lipinski definition) is 21. The monoisotopic (exact) mass is 1290 g/mol. The van der Waals surface area contributed by atoms with Gasteiger partial charge in [0, 0.05) is 131 Å². The summed E-state index contributed by atoms with van der Waals surface area (Å²) < 4.78 is 34.9. The average Bonchev–Trinajstić information content (AvgIpc) is 1.31. The number of ether oxygens (including phenoxy) is 6. The first-order chi connectivity index (χ1) is 44.0. The zero-order valence-electron chi connectivity index (χ0n) is 56.3. The lowest BCUT2D eigenvalue weighted by molar-refractivity contribution is -0.384. The predicted octanol–water partition coefficient (Wildman–Crippen LogP) is 13.8. The number of anilines is 6. The Morgan fingerprint density at radius 2 is 1.05 bits per heavy atom. The van der Waals surface area contributed by atoms with Crippen molar-refractivity contribution in [3.05, 3.63) is 130 Å². The standard InChI is InChI=1S/C38H49N7O9.C28H33N7O5/c1-36(2,3)52-33(46)42(11)20-19-41(10)28-22-31(51-12)30(21-29(28)45(49)50)44(35(48)54-38(7,8)9)32-39-18-17-26(40-32)25-23-43(34(47)53-37(4,5)6)27-16-14-13-15-24(25)27;1-28(2,3)40-27(36)34(5)14-13-33(4)23-16-25(39-6)22(15-24(23)35(37)38)32-26-29-12-11-21(31-26)19-17-30-20-10-8-7-9-18(19)20/h13-18,21-23H,19-20H2,1-12H3;7-12,15-17,30H,13-14H2,1-6H3,(H,29,31,32). The first kappa shape index (κ1) is 70.7. The number of carbonyl (C=O) groups excluding carboxylic acids is 4. The van der Waals surface area contributed by atoms with Crippen LogP contribution in [0.3, 0.4) is 0 Å². The first-order valence-electron chi connectivity index (χ1n) is 29.9. The van der Waals surface area contributed by atoms with Crippen molar-refractivity contribution in [2.75, 3.05) is 88.6 Å². The minimum absolute atomic E-state index is 0.0604. The van der Waals surface area contributed by atoms with E-state index in [1.54, 1.807) is 164 Å². The maximum Gasteiger partial charge on any atom is 0.422 e. The zero-order chi connectivity index (χ0) is 69.4. The van der Waals surface area contributed by atoms with Gasteiger partial charge >= 0.3 is 24.4 Å². The number of benzene rings is 4. The second-order valence-electron chi connectivity index (χ2n) is 25.8. The molecule has 94 heavy (non-hydrogen) atoms. The minimum atomic E-state index is -0.979. The summed E-state index contributed by atoms with van der Waals surface area (Å²) in [6.45, 7) is 22.0. The Hall–Kier alpha value is -10.8. The van der Waals surface area contributed by atoms with Crippen LogP contribution in [0.5, 0.6) is 11.5 Å². The van der Waals surface area contributed by atoms with Crippen LogP contribution in [-0.2, 0) is 18.9 Å². The van der Waals surface area contributed by atoms with E-state index in [9.17, 15) is 39.4 Å². The van der Waals surface area contributed by atoms with Gasteiger partial charge in [-0.05, 0) is 107 Å². The highest BCUT2D eigenvalue weighted by Gasteiger charge is 2.34. The van der Waals surface area contributed by atoms with Crippen LogP contribution in [0.1, 0.15) is 83.1 Å². The highest BCUT2D eigenvalue weighted by Crippen LogP contribution is 2.44. The summed E-state index contributed by atoms with van der Waals surface area (Å²) in [5, 5.41) is 29.4. The van der Waals surface area contributed by atoms with Gasteiger partial charge in [0.1, 0.15) is 51.0 Å². The van der Waals surface area contributed by atoms with Crippen LogP contribution in [0.2, 0.25) is 0 Å². The van der Waals surface area contributed by atoms with Crippen molar-refractivity contribution in [3.63, 3.8) is 0 Å². The molecule has 3 amide bonds. The molecule has 0 radical (unpaired) electrons. The van der Waals surface area contributed by atoms with Gasteiger partial charge in [-0.15, -0.1) is 0 Å². The maximum atomic E-state index is 14.0. The highest BCUT2D eigenvalue weighted by atomic mass is 16.6. The number of amides is 3. The summed E-state index contributed by atoms with van der Waals surface area (Å²) in [5.74, 6) is 0.525. The molecule has 500 valence electrons. The smallest absolute Gasteiger partial charge is 0.422 e. The van der Waals surface area contributed by atoms with E-state index in [4.69, 9.17) is 33.4 Å². The largest absolute Gasteiger partial charge is 0.494 e. The lowest BCUT2D eigenvalue weighted by Crippen LogP contribution is -2.38. The second kappa shape index (κ2) is 28.8. The van der Waals surface area contributed by atoms with Gasteiger partial charge < -0.3 is 58.3 Å². The number of para-hydroxylation sites is 2. The Balaban J connectivity index is 0.000000278. The molecule has 0 spiro atoms. The maximum absolute atomic E-state index is 14.0. The number of aromatic nitrogens is 6. The lowest BCUT2D eigenvalue weighted by atomic mass is 10.1. The fourth-order valence-electron chi connectivity index (χ4n) is 9.34. The summed E-state index contributed by atoms with van der Waals surface area (Å²) in [4.78, 5) is 104. The zero-order valence-corrected chi connectivity index (χ0v) is 56.3. The van der Waals surface area contributed by atoms with E-state index >= 15 is 0 Å². The van der Waals surface area contributed by atoms with Crippen molar-refractivity contribution >= 4 is 92.2 Å². The molecule has 4 aromatic heterocycles. The molecule has 2 N–H and O–H groups in total. The van der Waals surface area contributed by atoms with Gasteiger partial charge in [0.2, 0.25) is 11.9 Å². The highest BCUT2D eigenvalue weighted by molar-refractivity contribution is 6.01. The molecule has 0 aliphatic heterocycles. The van der Waals surface area contributed by atoms with E-state index in [1.165, 1.54) is 53.0 Å². The lowest BCUT2D eigenvalue weighted by Gasteiger charge is -2.29. The SMILES string of the molecule is COc1cc(N(C)CCN(C)C(=O)OC(C)(C)C)c([N+](=O)[O-])cc1N(C(=O)OC(C)(C)C)c1nccc(-c2cn(C(=O)OC(C)(C)C)c3ccccc23)n1.COc1cc(N(C)CCN(C)C(=O)OC(C)(C)C)c([N+](=O)[O-])cc1Nc1nccc(-c2c[nH]c3ccccc23)n1. The molecule has 0 atom stereocenters. The Labute approximate surface area is 545 Å². The third-order valence-electron chi connectivity index (χ3n) is 13.7. The van der Waals surface area contributed by atoms with Crippen molar-refractivity contribution in [2.24, 2.45) is 0 Å². The summed E-state index contributed by atoms with van der Waals surface area (Å²) in [5.41, 5.74) is 1.26. The van der Waals surface area contributed by atoms with Crippen LogP contribution in [0, 0.1) is 20.2 Å². The Morgan fingerprint density at radius 1 is 0.564 bits per heavy atom. The number of H-pyrrole nitrogens is 1. The van der Waals surface area contributed by atoms with Crippen LogP contribution in [-0.4, -0.2) is 164 Å². The number of nitro benzene ring substituents is 2. The molecular formula is C66H82N14O14. The third kappa shape index (κ3) is 18.0. The fourth-order valence-corrected chi connectivity index (χ4v) is 9.34. The first-order valence-corrected chi connectivity index (χ1v) is 29.9. The van der Waals surface area contributed by atoms with Gasteiger partial charge in [-0.1, -0.05) is 36.4 Å². The quantitative estimate of drug-likeness (QED) is 0.0458. The van der Waals surface area contributed by atoms with Crippen molar-refractivity contribution in [1.82, 2.24) is 39.3 Å². The van der Waals surface area contributed by atoms with Crippen LogP contribution in [0.4, 0.5) is 65.2 Å². The molecule has 8 aromatic rings. The Morgan fingerprint density at radius 3 is 1.60 bits per heavy atom. The number of fused-ring (bicyclic) bond motifs is 2. The van der Waals surface area contributed by atoms with Crippen LogP contribution < -0.4 is 29.5 Å². The number of nitrogens with zero attached hydrogens (tertiary/aromatic N) is 12. The number of aromatic amines is 1. The van der Waals surface area contributed by atoms with Crippen molar-refractivity contribution in [2.45, 2.75) is 105 Å². The molecule has 28 nitrogen and oxygen atoms in total. The number of rotatable bonds is 18. The molecule has 8 rings (SSSR count). The molecule has 4 aromatic carbocycles. The molecule has 0 aliphatic carbocycles. The average molecular weight is 1300 g/mol. The number of hydrogen-bond donors (Lipinski definition) is 2. The van der Waals surface area contributed by atoms with Gasteiger partial charge in [-0.25, -0.2) is 44.0 Å². The third-order valence-corrected chi connectivity index (χ3v) is 13.7. The Kier molecular flexibility index (Phi) is 21.6. The van der Waals surface area contributed by atoms with Crippen LogP contribution in [0.25, 0.3) is 44.3 Å². The van der Waals surface area contributed by atoms with Gasteiger partial charge in [-0.2, -0.15) is 0 Å². The van der Waals surface area contributed by atoms with E-state index < -0.39 is 56.6 Å². The molecular weight excluding hydrogens is 1210 g/mol. The summed E-state index contributed by atoms with van der Waals surface area (Å²) in [6.07, 6.45) is 4.00. The van der Waals surface area contributed by atoms with E-state index in [0.717, 1.165) is 21.4 Å². The van der Waals surface area contributed by atoms with E-state index in [-0.39, 0.29) is 53.5 Å². The molecule has 0 saturated carbocycles. The number of methoxy groups -OCH3 is 2. The number of carbonyl (C=O) groups is 4. The molecule has 4 heterocycles. The normalized spacial score (nSPS) is 11.6. The van der Waals surface area contributed by atoms with Crippen molar-refractivity contribution in [3.8, 4) is 34.0 Å². The number of nitro groups is 2. The van der Waals surface area contributed by atoms with E-state index in [2.05, 4.69) is 25.3 Å². The summed E-state index contributed by atoms with van der Waals surface area (Å²) >= 11 is 0. The van der Waals surface area contributed by atoms with E-state index in [0.29, 0.717) is 58.1 Å². The predicted molar refractivity (Wildman–Crippen MR) is 359 cm³/mol. The van der Waals surface area contributed by atoms with E-state index in [1.807, 2.05) is 42.6 Å². The van der Waals surface area contributed by atoms with Crippen LogP contribution >= 0.6 is 0 Å². The number of nitrogens with one attached hydrogen (secondary N) is 2. The van der Waals surface area contributed by atoms with Crippen molar-refractivity contribution in [1.29, 1.82) is 0 Å². The van der Waals surface area contributed by atoms with Crippen molar-refractivity contribution < 1.29 is 57.4 Å². The van der Waals surface area contributed by atoms with Gasteiger partial charge in [0.05, 0.1) is 46.7 Å². The molecule has 0 aliphatic rings. The van der Waals surface area contributed by atoms with Gasteiger partial charge in [-0.3, -0.25) is 24.8 Å². The Bertz CT molecular complexity index is 4090. The minimum Gasteiger partial charge on any atom is -0.494 e. The molecule has 28 heteroatoms. The van der Waals surface area contributed by atoms with Gasteiger partial charge in [0.15, 0.2) is 0 Å². The molecule has 0 fully saturated rings. The fraction of sp³-hybridized carbons (Fsp3) is 0.394.